The summed E-state index contributed by atoms with van der Waals surface area (Å²) in [6, 6.07) is 0. The van der Waals surface area contributed by atoms with E-state index >= 15 is 0 Å². The van der Waals surface area contributed by atoms with Crippen molar-refractivity contribution in [2.75, 3.05) is 26.2 Å². The number of hydrogen-bond donors (Lipinski definition) is 1. The normalized spacial score (nSPS) is 11.6. The molecule has 3 nitrogen and oxygen atoms in total. The van der Waals surface area contributed by atoms with Gasteiger partial charge in [-0.05, 0) is 20.8 Å². The molecule has 0 aliphatic heterocycles. The van der Waals surface area contributed by atoms with Crippen LogP contribution < -0.4 is 5.73 Å². The monoisotopic (exact) mass is 173 g/mol. The van der Waals surface area contributed by atoms with Gasteiger partial charge >= 0.3 is 0 Å². The Morgan fingerprint density at radius 2 is 1.58 bits per heavy atom. The lowest BCUT2D eigenvalue weighted by molar-refractivity contribution is -0.922. The van der Waals surface area contributed by atoms with E-state index in [-0.39, 0.29) is 5.91 Å². The van der Waals surface area contributed by atoms with Crippen LogP contribution in [0, 0.1) is 0 Å². The predicted octanol–water partition coefficient (Wildman–Crippen LogP) is 0.738. The van der Waals surface area contributed by atoms with Crippen molar-refractivity contribution >= 4 is 5.91 Å². The van der Waals surface area contributed by atoms with E-state index < -0.39 is 0 Å². The van der Waals surface area contributed by atoms with Crippen LogP contribution in [0.15, 0.2) is 0 Å². The molecule has 72 valence electrons. The van der Waals surface area contributed by atoms with Gasteiger partial charge in [0, 0.05) is 0 Å². The van der Waals surface area contributed by atoms with Crippen molar-refractivity contribution in [2.24, 2.45) is 5.73 Å². The summed E-state index contributed by atoms with van der Waals surface area (Å²) >= 11 is 0. The second kappa shape index (κ2) is 5.14. The molecule has 0 aromatic heterocycles. The molecule has 3 heteroatoms. The second-order valence-corrected chi connectivity index (χ2v) is 3.23. The molecule has 0 radical (unpaired) electrons. The summed E-state index contributed by atoms with van der Waals surface area (Å²) < 4.78 is 1.00. The highest BCUT2D eigenvalue weighted by Crippen LogP contribution is 2.06. The Balaban J connectivity index is 4.01. The highest BCUT2D eigenvalue weighted by atomic mass is 16.1. The molecule has 0 fully saturated rings. The van der Waals surface area contributed by atoms with E-state index in [0.29, 0.717) is 6.42 Å². The minimum atomic E-state index is -0.187. The number of carbonyl (C=O) groups is 1. The smallest absolute Gasteiger partial charge is 0.223 e. The molecule has 0 aromatic rings. The third-order valence-corrected chi connectivity index (χ3v) is 2.85. The third kappa shape index (κ3) is 3.22. The molecule has 0 atom stereocenters. The quantitative estimate of drug-likeness (QED) is 0.591. The summed E-state index contributed by atoms with van der Waals surface area (Å²) in [6.45, 7) is 10.6. The zero-order valence-corrected chi connectivity index (χ0v) is 8.47. The van der Waals surface area contributed by atoms with Crippen molar-refractivity contribution in [2.45, 2.75) is 27.2 Å². The number of rotatable bonds is 6. The maximum atomic E-state index is 10.6. The highest BCUT2D eigenvalue weighted by Gasteiger charge is 2.20. The first-order chi connectivity index (χ1) is 5.60. The Kier molecular flexibility index (Phi) is 4.90. The van der Waals surface area contributed by atoms with E-state index in [1.165, 1.54) is 0 Å². The van der Waals surface area contributed by atoms with Crippen molar-refractivity contribution in [3.05, 3.63) is 0 Å². The van der Waals surface area contributed by atoms with Crippen molar-refractivity contribution in [1.82, 2.24) is 0 Å². The molecule has 0 saturated carbocycles. The van der Waals surface area contributed by atoms with E-state index in [4.69, 9.17) is 5.73 Å². The van der Waals surface area contributed by atoms with Gasteiger partial charge < -0.3 is 10.2 Å². The fraction of sp³-hybridized carbons (Fsp3) is 0.889. The van der Waals surface area contributed by atoms with Crippen LogP contribution >= 0.6 is 0 Å². The summed E-state index contributed by atoms with van der Waals surface area (Å²) in [5, 5.41) is 0. The fourth-order valence-corrected chi connectivity index (χ4v) is 1.49. The van der Waals surface area contributed by atoms with Gasteiger partial charge in [-0.25, -0.2) is 0 Å². The lowest BCUT2D eigenvalue weighted by atomic mass is 10.3. The number of nitrogens with zero attached hydrogens (tertiary/aromatic N) is 1. The molecular formula is C9H21N2O+. The summed E-state index contributed by atoms with van der Waals surface area (Å²) in [7, 11) is 0. The van der Waals surface area contributed by atoms with Gasteiger partial charge in [0.1, 0.15) is 0 Å². The average molecular weight is 173 g/mol. The van der Waals surface area contributed by atoms with Gasteiger partial charge in [0.15, 0.2) is 0 Å². The molecule has 2 N–H and O–H groups in total. The van der Waals surface area contributed by atoms with Gasteiger partial charge in [0.2, 0.25) is 5.91 Å². The van der Waals surface area contributed by atoms with E-state index in [1.807, 2.05) is 0 Å². The van der Waals surface area contributed by atoms with Crippen molar-refractivity contribution in [1.29, 1.82) is 0 Å². The molecule has 0 aliphatic carbocycles. The fourth-order valence-electron chi connectivity index (χ4n) is 1.49. The Morgan fingerprint density at radius 1 is 1.17 bits per heavy atom. The first kappa shape index (κ1) is 11.4. The number of quaternary nitrogens is 1. The third-order valence-electron chi connectivity index (χ3n) is 2.85. The molecule has 0 heterocycles. The summed E-state index contributed by atoms with van der Waals surface area (Å²) in [5.41, 5.74) is 5.11. The van der Waals surface area contributed by atoms with E-state index in [1.54, 1.807) is 0 Å². The van der Waals surface area contributed by atoms with Crippen LogP contribution in [-0.2, 0) is 4.79 Å². The van der Waals surface area contributed by atoms with Gasteiger partial charge in [-0.2, -0.15) is 0 Å². The Labute approximate surface area is 75.1 Å². The van der Waals surface area contributed by atoms with Crippen LogP contribution in [0.25, 0.3) is 0 Å². The van der Waals surface area contributed by atoms with Gasteiger partial charge in [0.05, 0.1) is 32.6 Å². The van der Waals surface area contributed by atoms with Gasteiger partial charge in [-0.1, -0.05) is 0 Å². The SMILES string of the molecule is CC[N+](CC)(CC)CCC(N)=O. The number of primary amides is 1. The van der Waals surface area contributed by atoms with Crippen molar-refractivity contribution < 1.29 is 9.28 Å². The van der Waals surface area contributed by atoms with Crippen molar-refractivity contribution in [3.63, 3.8) is 0 Å². The first-order valence-corrected chi connectivity index (χ1v) is 4.73. The maximum absolute atomic E-state index is 10.6. The molecule has 0 spiro atoms. The van der Waals surface area contributed by atoms with E-state index in [2.05, 4.69) is 20.8 Å². The van der Waals surface area contributed by atoms with E-state index in [9.17, 15) is 4.79 Å². The average Bonchev–Trinajstić information content (AvgIpc) is 2.08. The van der Waals surface area contributed by atoms with Crippen LogP contribution in [0.5, 0.6) is 0 Å². The van der Waals surface area contributed by atoms with E-state index in [0.717, 1.165) is 30.7 Å². The maximum Gasteiger partial charge on any atom is 0.223 e. The lowest BCUT2D eigenvalue weighted by Gasteiger charge is -2.35. The minimum Gasteiger partial charge on any atom is -0.369 e. The molecule has 0 rings (SSSR count). The van der Waals surface area contributed by atoms with Crippen LogP contribution in [0.3, 0.4) is 0 Å². The molecule has 12 heavy (non-hydrogen) atoms. The zero-order chi connectivity index (χ0) is 9.61. The lowest BCUT2D eigenvalue weighted by Crippen LogP contribution is -2.49. The summed E-state index contributed by atoms with van der Waals surface area (Å²) in [5.74, 6) is -0.187. The van der Waals surface area contributed by atoms with Crippen molar-refractivity contribution in [3.8, 4) is 0 Å². The largest absolute Gasteiger partial charge is 0.369 e. The van der Waals surface area contributed by atoms with Crippen LogP contribution in [0.4, 0.5) is 0 Å². The Bertz CT molecular complexity index is 133. The molecule has 0 bridgehead atoms. The Morgan fingerprint density at radius 3 is 1.83 bits per heavy atom. The standard InChI is InChI=1S/C9H20N2O/c1-4-11(5-2,6-3)8-7-9(10)12/h4-8H2,1-3H3,(H-,10,12)/p+1. The molecular weight excluding hydrogens is 152 g/mol. The zero-order valence-electron chi connectivity index (χ0n) is 8.47. The molecule has 0 aromatic carbocycles. The minimum absolute atomic E-state index is 0.187. The second-order valence-electron chi connectivity index (χ2n) is 3.23. The number of carbonyl (C=O) groups excluding carboxylic acids is 1. The van der Waals surface area contributed by atoms with Crippen LogP contribution in [0.2, 0.25) is 0 Å². The van der Waals surface area contributed by atoms with Gasteiger partial charge in [-0.15, -0.1) is 0 Å². The number of amides is 1. The van der Waals surface area contributed by atoms with Crippen LogP contribution in [0.1, 0.15) is 27.2 Å². The number of nitrogens with two attached hydrogens (primary N) is 1. The van der Waals surface area contributed by atoms with Crippen LogP contribution in [-0.4, -0.2) is 36.6 Å². The molecule has 0 unspecified atom stereocenters. The highest BCUT2D eigenvalue weighted by molar-refractivity contribution is 5.73. The van der Waals surface area contributed by atoms with Gasteiger partial charge in [-0.3, -0.25) is 4.79 Å². The predicted molar refractivity (Wildman–Crippen MR) is 50.6 cm³/mol. The number of hydrogen-bond acceptors (Lipinski definition) is 1. The molecule has 0 saturated heterocycles. The topological polar surface area (TPSA) is 43.1 Å². The summed E-state index contributed by atoms with van der Waals surface area (Å²) in [4.78, 5) is 10.6. The summed E-state index contributed by atoms with van der Waals surface area (Å²) in [6.07, 6.45) is 0.509. The van der Waals surface area contributed by atoms with Gasteiger partial charge in [0.25, 0.3) is 0 Å². The Hall–Kier alpha value is -0.570. The molecule has 0 aliphatic rings. The first-order valence-electron chi connectivity index (χ1n) is 4.73. The molecule has 1 amide bonds.